The summed E-state index contributed by atoms with van der Waals surface area (Å²) in [7, 11) is 0. The number of carboxylic acids is 1. The second-order valence-corrected chi connectivity index (χ2v) is 3.11. The van der Waals surface area contributed by atoms with Crippen LogP contribution in [0.1, 0.15) is 12.8 Å². The van der Waals surface area contributed by atoms with Crippen LogP contribution < -0.4 is 0 Å². The number of alkyl halides is 4. The summed E-state index contributed by atoms with van der Waals surface area (Å²) in [5.41, 5.74) is 0. The van der Waals surface area contributed by atoms with Crippen molar-refractivity contribution in [1.29, 1.82) is 0 Å². The van der Waals surface area contributed by atoms with E-state index in [9.17, 15) is 18.0 Å². The van der Waals surface area contributed by atoms with E-state index in [1.165, 1.54) is 0 Å². The lowest BCUT2D eigenvalue weighted by Crippen LogP contribution is -2.25. The van der Waals surface area contributed by atoms with E-state index in [4.69, 9.17) is 5.11 Å². The Morgan fingerprint density at radius 1 is 1.50 bits per heavy atom. The molecule has 0 saturated carbocycles. The molecule has 0 radical (unpaired) electrons. The molecule has 0 aromatic carbocycles. The Balaban J connectivity index is 4.13. The summed E-state index contributed by atoms with van der Waals surface area (Å²) in [5, 5.41) is 8.32. The fraction of sp³-hybridized carbons (Fsp3) is 0.833. The van der Waals surface area contributed by atoms with Crippen LogP contribution in [-0.2, 0) is 4.79 Å². The number of carbonyl (C=O) groups is 1. The van der Waals surface area contributed by atoms with Gasteiger partial charge in [0.25, 0.3) is 0 Å². The molecule has 0 aromatic heterocycles. The number of hydrogen-bond acceptors (Lipinski definition) is 1. The number of rotatable bonds is 4. The van der Waals surface area contributed by atoms with Crippen LogP contribution in [-0.4, -0.2) is 22.6 Å². The number of hydrogen-bond donors (Lipinski definition) is 1. The molecule has 0 rings (SSSR count). The van der Waals surface area contributed by atoms with E-state index in [2.05, 4.69) is 15.9 Å². The van der Waals surface area contributed by atoms with Crippen molar-refractivity contribution in [1.82, 2.24) is 0 Å². The molecule has 1 atom stereocenters. The average Bonchev–Trinajstić information content (AvgIpc) is 1.83. The molecule has 1 N–H and O–H groups in total. The first kappa shape index (κ1) is 11.7. The Hall–Kier alpha value is -0.260. The minimum atomic E-state index is -4.41. The highest BCUT2D eigenvalue weighted by molar-refractivity contribution is 9.09. The average molecular weight is 249 g/mol. The summed E-state index contributed by atoms with van der Waals surface area (Å²) in [6.07, 6.45) is -5.46. The third kappa shape index (κ3) is 4.58. The van der Waals surface area contributed by atoms with Crippen molar-refractivity contribution in [2.45, 2.75) is 19.0 Å². The molecule has 0 heterocycles. The normalized spacial score (nSPS) is 14.3. The first-order valence-corrected chi connectivity index (χ1v) is 4.34. The molecule has 0 bridgehead atoms. The fourth-order valence-corrected chi connectivity index (χ4v) is 1.28. The minimum Gasteiger partial charge on any atom is -0.481 e. The van der Waals surface area contributed by atoms with Gasteiger partial charge in [0.1, 0.15) is 0 Å². The number of halogens is 4. The zero-order valence-corrected chi connectivity index (χ0v) is 7.65. The molecule has 0 aliphatic carbocycles. The van der Waals surface area contributed by atoms with Crippen LogP contribution in [0.4, 0.5) is 13.2 Å². The van der Waals surface area contributed by atoms with E-state index < -0.39 is 24.5 Å². The van der Waals surface area contributed by atoms with E-state index in [0.717, 1.165) is 0 Å². The summed E-state index contributed by atoms with van der Waals surface area (Å²) in [4.78, 5) is 10.0. The van der Waals surface area contributed by atoms with Crippen LogP contribution in [0.25, 0.3) is 0 Å². The highest BCUT2D eigenvalue weighted by Crippen LogP contribution is 2.31. The highest BCUT2D eigenvalue weighted by Gasteiger charge is 2.39. The van der Waals surface area contributed by atoms with E-state index in [-0.39, 0.29) is 11.8 Å². The third-order valence-electron chi connectivity index (χ3n) is 1.34. The van der Waals surface area contributed by atoms with Crippen LogP contribution in [0.3, 0.4) is 0 Å². The first-order valence-electron chi connectivity index (χ1n) is 3.22. The van der Waals surface area contributed by atoms with E-state index in [0.29, 0.717) is 0 Å². The topological polar surface area (TPSA) is 37.3 Å². The molecular formula is C6H8BrF3O2. The molecule has 0 spiro atoms. The van der Waals surface area contributed by atoms with E-state index in [1.807, 2.05) is 0 Å². The summed E-state index contributed by atoms with van der Waals surface area (Å²) < 4.78 is 35.9. The Kier molecular flexibility index (Phi) is 4.59. The molecule has 6 heteroatoms. The second-order valence-electron chi connectivity index (χ2n) is 2.31. The van der Waals surface area contributed by atoms with E-state index in [1.54, 1.807) is 0 Å². The molecule has 0 amide bonds. The van der Waals surface area contributed by atoms with Gasteiger partial charge in [-0.2, -0.15) is 13.2 Å². The molecular weight excluding hydrogens is 241 g/mol. The van der Waals surface area contributed by atoms with Gasteiger partial charge in [-0.15, -0.1) is 0 Å². The number of carboxylic acid groups (broad SMARTS) is 1. The Morgan fingerprint density at radius 2 is 2.00 bits per heavy atom. The smallest absolute Gasteiger partial charge is 0.392 e. The largest absolute Gasteiger partial charge is 0.481 e. The standard InChI is InChI=1S/C6H8BrF3O2/c7-2-1-4(3-5(11)12)6(8,9)10/h4H,1-3H2,(H,11,12). The maximum Gasteiger partial charge on any atom is 0.392 e. The lowest BCUT2D eigenvalue weighted by atomic mass is 10.0. The van der Waals surface area contributed by atoms with Gasteiger partial charge >= 0.3 is 12.1 Å². The molecule has 2 nitrogen and oxygen atoms in total. The summed E-state index contributed by atoms with van der Waals surface area (Å²) in [5.74, 6) is -3.16. The van der Waals surface area contributed by atoms with Crippen LogP contribution in [0.2, 0.25) is 0 Å². The van der Waals surface area contributed by atoms with Crippen LogP contribution in [0.5, 0.6) is 0 Å². The van der Waals surface area contributed by atoms with Gasteiger partial charge in [-0.25, -0.2) is 0 Å². The second kappa shape index (κ2) is 4.69. The van der Waals surface area contributed by atoms with Gasteiger partial charge in [0.15, 0.2) is 0 Å². The molecule has 12 heavy (non-hydrogen) atoms. The monoisotopic (exact) mass is 248 g/mol. The quantitative estimate of drug-likeness (QED) is 0.777. The molecule has 0 aromatic rings. The molecule has 72 valence electrons. The van der Waals surface area contributed by atoms with Crippen molar-refractivity contribution in [3.05, 3.63) is 0 Å². The van der Waals surface area contributed by atoms with Crippen molar-refractivity contribution in [2.75, 3.05) is 5.33 Å². The van der Waals surface area contributed by atoms with Crippen molar-refractivity contribution < 1.29 is 23.1 Å². The van der Waals surface area contributed by atoms with Crippen molar-refractivity contribution in [3.8, 4) is 0 Å². The van der Waals surface area contributed by atoms with Crippen LogP contribution >= 0.6 is 15.9 Å². The van der Waals surface area contributed by atoms with Gasteiger partial charge in [-0.05, 0) is 6.42 Å². The number of aliphatic carboxylic acids is 1. The van der Waals surface area contributed by atoms with E-state index >= 15 is 0 Å². The SMILES string of the molecule is O=C(O)CC(CCBr)C(F)(F)F. The van der Waals surface area contributed by atoms with Gasteiger partial charge in [0, 0.05) is 5.33 Å². The van der Waals surface area contributed by atoms with Gasteiger partial charge in [-0.3, -0.25) is 4.79 Å². The maximum absolute atomic E-state index is 12.0. The summed E-state index contributed by atoms with van der Waals surface area (Å²) >= 11 is 2.84. The zero-order valence-electron chi connectivity index (χ0n) is 6.07. The Bertz CT molecular complexity index is 157. The third-order valence-corrected chi connectivity index (χ3v) is 1.80. The van der Waals surface area contributed by atoms with Crippen LogP contribution in [0.15, 0.2) is 0 Å². The van der Waals surface area contributed by atoms with Crippen LogP contribution in [0, 0.1) is 5.92 Å². The van der Waals surface area contributed by atoms with Gasteiger partial charge < -0.3 is 5.11 Å². The van der Waals surface area contributed by atoms with Gasteiger partial charge in [-0.1, -0.05) is 15.9 Å². The summed E-state index contributed by atoms with van der Waals surface area (Å²) in [6, 6.07) is 0. The maximum atomic E-state index is 12.0. The lowest BCUT2D eigenvalue weighted by molar-refractivity contribution is -0.183. The van der Waals surface area contributed by atoms with Crippen molar-refractivity contribution in [2.24, 2.45) is 5.92 Å². The predicted octanol–water partition coefficient (Wildman–Crippen LogP) is 2.42. The summed E-state index contributed by atoms with van der Waals surface area (Å²) in [6.45, 7) is 0. The highest BCUT2D eigenvalue weighted by atomic mass is 79.9. The van der Waals surface area contributed by atoms with Gasteiger partial charge in [0.2, 0.25) is 0 Å². The predicted molar refractivity (Wildman–Crippen MR) is 40.2 cm³/mol. The Morgan fingerprint density at radius 3 is 2.25 bits per heavy atom. The molecule has 0 aliphatic rings. The molecule has 0 aliphatic heterocycles. The first-order chi connectivity index (χ1) is 5.38. The fourth-order valence-electron chi connectivity index (χ4n) is 0.724. The zero-order chi connectivity index (χ0) is 9.78. The minimum absolute atomic E-state index is 0.157. The van der Waals surface area contributed by atoms with Crippen molar-refractivity contribution >= 4 is 21.9 Å². The van der Waals surface area contributed by atoms with Crippen molar-refractivity contribution in [3.63, 3.8) is 0 Å². The molecule has 0 fully saturated rings. The molecule has 1 unspecified atom stereocenters. The van der Waals surface area contributed by atoms with Gasteiger partial charge in [0.05, 0.1) is 12.3 Å². The Labute approximate surface area is 75.9 Å². The lowest BCUT2D eigenvalue weighted by Gasteiger charge is -2.16. The molecule has 0 saturated heterocycles.